The molecule has 1 N–H and O–H groups in total. The Labute approximate surface area is 104 Å². The number of hydrogen-bond donors (Lipinski definition) is 1. The molecule has 1 aromatic heterocycles. The minimum Gasteiger partial charge on any atom is -0.317 e. The molecule has 0 aromatic carbocycles. The average molecular weight is 263 g/mol. The fraction of sp³-hybridized carbons (Fsp3) is 0.778. The largest absolute Gasteiger partial charge is 0.317 e. The molecule has 0 saturated carbocycles. The molecule has 0 fully saturated rings. The van der Waals surface area contributed by atoms with E-state index in [4.69, 9.17) is 0 Å². The Hall–Kier alpha value is 0.220. The van der Waals surface area contributed by atoms with Gasteiger partial charge in [-0.2, -0.15) is 0 Å². The van der Waals surface area contributed by atoms with Crippen LogP contribution in [-0.2, 0) is 0 Å². The fourth-order valence-electron chi connectivity index (χ4n) is 1.16. The summed E-state index contributed by atoms with van der Waals surface area (Å²) in [5, 5.41) is 12.1. The predicted molar refractivity (Wildman–Crippen MR) is 70.1 cm³/mol. The standard InChI is InChI=1S/C9H17N3S3/c1-6(10-3)5-7(2)14-9-12-11-8(13-4)15-9/h6-7,10H,5H2,1-4H3. The highest BCUT2D eigenvalue weighted by atomic mass is 32.2. The van der Waals surface area contributed by atoms with Crippen LogP contribution in [0.5, 0.6) is 0 Å². The van der Waals surface area contributed by atoms with Crippen molar-refractivity contribution in [1.29, 1.82) is 0 Å². The van der Waals surface area contributed by atoms with Crippen LogP contribution in [0, 0.1) is 0 Å². The first-order valence-electron chi connectivity index (χ1n) is 4.87. The third-order valence-electron chi connectivity index (χ3n) is 2.04. The highest BCUT2D eigenvalue weighted by Gasteiger charge is 2.11. The quantitative estimate of drug-likeness (QED) is 0.799. The summed E-state index contributed by atoms with van der Waals surface area (Å²) in [6, 6.07) is 0.556. The van der Waals surface area contributed by atoms with Gasteiger partial charge < -0.3 is 5.32 Å². The molecule has 0 aliphatic carbocycles. The van der Waals surface area contributed by atoms with E-state index >= 15 is 0 Å². The molecular formula is C9H17N3S3. The summed E-state index contributed by atoms with van der Waals surface area (Å²) in [5.41, 5.74) is 0. The highest BCUT2D eigenvalue weighted by Crippen LogP contribution is 2.31. The van der Waals surface area contributed by atoms with Crippen molar-refractivity contribution in [1.82, 2.24) is 15.5 Å². The molecule has 1 heterocycles. The molecule has 0 spiro atoms. The van der Waals surface area contributed by atoms with Crippen LogP contribution >= 0.6 is 34.9 Å². The van der Waals surface area contributed by atoms with E-state index in [9.17, 15) is 0 Å². The molecule has 3 nitrogen and oxygen atoms in total. The van der Waals surface area contributed by atoms with Gasteiger partial charge >= 0.3 is 0 Å². The topological polar surface area (TPSA) is 37.8 Å². The van der Waals surface area contributed by atoms with Gasteiger partial charge in [-0.3, -0.25) is 0 Å². The number of thioether (sulfide) groups is 2. The van der Waals surface area contributed by atoms with Gasteiger partial charge in [0.1, 0.15) is 0 Å². The Balaban J connectivity index is 2.40. The molecular weight excluding hydrogens is 246 g/mol. The molecule has 0 radical (unpaired) electrons. The Morgan fingerprint density at radius 3 is 2.53 bits per heavy atom. The van der Waals surface area contributed by atoms with Crippen LogP contribution < -0.4 is 5.32 Å². The Bertz CT molecular complexity index is 290. The highest BCUT2D eigenvalue weighted by molar-refractivity contribution is 8.03. The molecule has 0 aliphatic rings. The minimum absolute atomic E-state index is 0.556. The first-order valence-corrected chi connectivity index (χ1v) is 7.79. The summed E-state index contributed by atoms with van der Waals surface area (Å²) in [6.45, 7) is 4.43. The van der Waals surface area contributed by atoms with Gasteiger partial charge in [0.2, 0.25) is 0 Å². The first-order chi connectivity index (χ1) is 7.15. The zero-order valence-electron chi connectivity index (χ0n) is 9.48. The minimum atomic E-state index is 0.556. The van der Waals surface area contributed by atoms with Gasteiger partial charge in [-0.25, -0.2) is 0 Å². The summed E-state index contributed by atoms with van der Waals surface area (Å²) in [7, 11) is 2.00. The van der Waals surface area contributed by atoms with Crippen molar-refractivity contribution in [2.45, 2.75) is 40.2 Å². The lowest BCUT2D eigenvalue weighted by atomic mass is 10.2. The SMILES string of the molecule is CNC(C)CC(C)Sc1nnc(SC)s1. The monoisotopic (exact) mass is 263 g/mol. The lowest BCUT2D eigenvalue weighted by Crippen LogP contribution is -2.24. The first kappa shape index (κ1) is 13.3. The summed E-state index contributed by atoms with van der Waals surface area (Å²) in [6.07, 6.45) is 3.18. The van der Waals surface area contributed by atoms with E-state index in [0.29, 0.717) is 11.3 Å². The molecule has 0 bridgehead atoms. The maximum absolute atomic E-state index is 4.15. The van der Waals surface area contributed by atoms with Gasteiger partial charge in [-0.05, 0) is 26.6 Å². The van der Waals surface area contributed by atoms with Crippen LogP contribution in [0.25, 0.3) is 0 Å². The van der Waals surface area contributed by atoms with Crippen LogP contribution in [0.15, 0.2) is 8.68 Å². The van der Waals surface area contributed by atoms with Crippen molar-refractivity contribution in [2.75, 3.05) is 13.3 Å². The fourth-order valence-corrected chi connectivity index (χ4v) is 4.07. The summed E-state index contributed by atoms with van der Waals surface area (Å²) >= 11 is 5.15. The number of rotatable bonds is 6. The van der Waals surface area contributed by atoms with Gasteiger partial charge in [-0.15, -0.1) is 10.2 Å². The second-order valence-electron chi connectivity index (χ2n) is 3.39. The number of nitrogens with one attached hydrogen (secondary N) is 1. The smallest absolute Gasteiger partial charge is 0.175 e. The third-order valence-corrected chi connectivity index (χ3v) is 5.15. The van der Waals surface area contributed by atoms with Crippen molar-refractivity contribution in [2.24, 2.45) is 0 Å². The third kappa shape index (κ3) is 4.72. The molecule has 6 heteroatoms. The Morgan fingerprint density at radius 1 is 1.33 bits per heavy atom. The van der Waals surface area contributed by atoms with Crippen LogP contribution in [0.3, 0.4) is 0 Å². The van der Waals surface area contributed by atoms with Gasteiger partial charge in [0.15, 0.2) is 8.68 Å². The van der Waals surface area contributed by atoms with Crippen molar-refractivity contribution < 1.29 is 0 Å². The number of hydrogen-bond acceptors (Lipinski definition) is 6. The van der Waals surface area contributed by atoms with Crippen LogP contribution in [0.2, 0.25) is 0 Å². The average Bonchev–Trinajstić information content (AvgIpc) is 2.65. The molecule has 1 rings (SSSR count). The predicted octanol–water partition coefficient (Wildman–Crippen LogP) is 2.74. The van der Waals surface area contributed by atoms with E-state index in [1.54, 1.807) is 23.1 Å². The van der Waals surface area contributed by atoms with Crippen LogP contribution in [0.1, 0.15) is 20.3 Å². The maximum atomic E-state index is 4.15. The van der Waals surface area contributed by atoms with Gasteiger partial charge in [0, 0.05) is 11.3 Å². The van der Waals surface area contributed by atoms with E-state index in [0.717, 1.165) is 15.1 Å². The summed E-state index contributed by atoms with van der Waals surface area (Å²) < 4.78 is 2.13. The van der Waals surface area contributed by atoms with E-state index < -0.39 is 0 Å². The van der Waals surface area contributed by atoms with E-state index in [-0.39, 0.29) is 0 Å². The lowest BCUT2D eigenvalue weighted by molar-refractivity contribution is 0.564. The van der Waals surface area contributed by atoms with Gasteiger partial charge in [-0.1, -0.05) is 41.8 Å². The zero-order chi connectivity index (χ0) is 11.3. The van der Waals surface area contributed by atoms with Crippen molar-refractivity contribution in [3.63, 3.8) is 0 Å². The molecule has 86 valence electrons. The lowest BCUT2D eigenvalue weighted by Gasteiger charge is -2.14. The molecule has 0 amide bonds. The van der Waals surface area contributed by atoms with E-state index in [1.165, 1.54) is 0 Å². The van der Waals surface area contributed by atoms with Crippen molar-refractivity contribution in [3.8, 4) is 0 Å². The Kier molecular flexibility index (Phi) is 5.96. The van der Waals surface area contributed by atoms with Gasteiger partial charge in [0.25, 0.3) is 0 Å². The maximum Gasteiger partial charge on any atom is 0.175 e. The molecule has 0 saturated heterocycles. The second kappa shape index (κ2) is 6.73. The molecule has 1 aromatic rings. The zero-order valence-corrected chi connectivity index (χ0v) is 11.9. The number of aromatic nitrogens is 2. The van der Waals surface area contributed by atoms with Gasteiger partial charge in [0.05, 0.1) is 0 Å². The summed E-state index contributed by atoms with van der Waals surface area (Å²) in [4.78, 5) is 0. The molecule has 2 unspecified atom stereocenters. The van der Waals surface area contributed by atoms with Crippen molar-refractivity contribution >= 4 is 34.9 Å². The van der Waals surface area contributed by atoms with Crippen LogP contribution in [-0.4, -0.2) is 34.8 Å². The molecule has 15 heavy (non-hydrogen) atoms. The van der Waals surface area contributed by atoms with Crippen LogP contribution in [0.4, 0.5) is 0 Å². The van der Waals surface area contributed by atoms with Crippen molar-refractivity contribution in [3.05, 3.63) is 0 Å². The second-order valence-corrected chi connectivity index (χ2v) is 7.11. The molecule has 2 atom stereocenters. The number of nitrogens with zero attached hydrogens (tertiary/aromatic N) is 2. The van der Waals surface area contributed by atoms with E-state index in [1.807, 2.05) is 25.1 Å². The Morgan fingerprint density at radius 2 is 2.00 bits per heavy atom. The molecule has 0 aliphatic heterocycles. The normalized spacial score (nSPS) is 15.2. The van der Waals surface area contributed by atoms with E-state index in [2.05, 4.69) is 29.4 Å². The summed E-state index contributed by atoms with van der Waals surface area (Å²) in [5.74, 6) is 0.